The average molecular weight is 289 g/mol. The number of aromatic amines is 1. The molecule has 3 rings (SSSR count). The quantitative estimate of drug-likeness (QED) is 0.744. The first-order chi connectivity index (χ1) is 10.2. The first kappa shape index (κ1) is 13.7. The van der Waals surface area contributed by atoms with Gasteiger partial charge in [0.05, 0.1) is 18.4 Å². The largest absolute Gasteiger partial charge is 0.346 e. The van der Waals surface area contributed by atoms with Crippen molar-refractivity contribution in [3.8, 4) is 0 Å². The number of carbonyl (C=O) groups excluding carboxylic acids is 1. The van der Waals surface area contributed by atoms with Crippen LogP contribution < -0.4 is 10.6 Å². The molecule has 0 bridgehead atoms. The van der Waals surface area contributed by atoms with Gasteiger partial charge >= 0.3 is 0 Å². The van der Waals surface area contributed by atoms with Crippen LogP contribution in [-0.4, -0.2) is 44.2 Å². The number of nitrogens with one attached hydrogen (secondary N) is 3. The number of carbonyl (C=O) groups is 1. The molecule has 21 heavy (non-hydrogen) atoms. The van der Waals surface area contributed by atoms with Crippen LogP contribution in [0.5, 0.6) is 0 Å². The van der Waals surface area contributed by atoms with Crippen LogP contribution in [0.2, 0.25) is 0 Å². The van der Waals surface area contributed by atoms with Gasteiger partial charge in [0.15, 0.2) is 5.69 Å². The molecular formula is C13H19N7O. The molecule has 8 nitrogen and oxygen atoms in total. The number of hydrogen-bond donors (Lipinski definition) is 3. The van der Waals surface area contributed by atoms with E-state index in [1.165, 1.54) is 0 Å². The van der Waals surface area contributed by atoms with Crippen molar-refractivity contribution in [2.24, 2.45) is 0 Å². The van der Waals surface area contributed by atoms with Gasteiger partial charge in [-0.1, -0.05) is 5.21 Å². The Labute approximate surface area is 122 Å². The number of H-pyrrole nitrogens is 1. The maximum atomic E-state index is 12.1. The van der Waals surface area contributed by atoms with E-state index in [2.05, 4.69) is 31.1 Å². The zero-order valence-electron chi connectivity index (χ0n) is 12.0. The molecule has 0 spiro atoms. The highest BCUT2D eigenvalue weighted by Crippen LogP contribution is 2.17. The third kappa shape index (κ3) is 3.10. The van der Waals surface area contributed by atoms with Crippen molar-refractivity contribution in [3.63, 3.8) is 0 Å². The van der Waals surface area contributed by atoms with Crippen molar-refractivity contribution in [3.05, 3.63) is 29.3 Å². The second-order valence-corrected chi connectivity index (χ2v) is 5.27. The summed E-state index contributed by atoms with van der Waals surface area (Å²) in [5.74, 6) is -0.212. The summed E-state index contributed by atoms with van der Waals surface area (Å²) in [6.45, 7) is 4.31. The second kappa shape index (κ2) is 6.04. The molecule has 112 valence electrons. The van der Waals surface area contributed by atoms with E-state index in [9.17, 15) is 4.79 Å². The number of aryl methyl sites for hydroxylation is 1. The van der Waals surface area contributed by atoms with Gasteiger partial charge in [0.2, 0.25) is 0 Å². The Morgan fingerprint density at radius 1 is 1.48 bits per heavy atom. The van der Waals surface area contributed by atoms with Crippen LogP contribution in [0.4, 0.5) is 0 Å². The van der Waals surface area contributed by atoms with Gasteiger partial charge in [-0.2, -0.15) is 5.10 Å². The normalized spacial score (nSPS) is 16.0. The maximum Gasteiger partial charge on any atom is 0.273 e. The molecule has 3 heterocycles. The van der Waals surface area contributed by atoms with E-state index in [-0.39, 0.29) is 5.91 Å². The third-order valence-corrected chi connectivity index (χ3v) is 3.80. The summed E-state index contributed by atoms with van der Waals surface area (Å²) in [5.41, 5.74) is 2.28. The van der Waals surface area contributed by atoms with Crippen molar-refractivity contribution in [1.82, 2.24) is 35.8 Å². The predicted molar refractivity (Wildman–Crippen MR) is 75.7 cm³/mol. The molecule has 0 atom stereocenters. The van der Waals surface area contributed by atoms with Crippen molar-refractivity contribution < 1.29 is 4.79 Å². The van der Waals surface area contributed by atoms with Crippen molar-refractivity contribution in [1.29, 1.82) is 0 Å². The monoisotopic (exact) mass is 289 g/mol. The fraction of sp³-hybridized carbons (Fsp3) is 0.538. The minimum absolute atomic E-state index is 0.212. The fourth-order valence-corrected chi connectivity index (χ4v) is 2.45. The lowest BCUT2D eigenvalue weighted by atomic mass is 10.1. The number of nitrogens with zero attached hydrogens (tertiary/aromatic N) is 4. The standard InChI is InChI=1S/C13H19N7O/c1-9-10(7-16-17-9)6-15-13(21)12-8-20(19-18-12)11-2-4-14-5-3-11/h7-8,11,14H,2-6H2,1H3,(H,15,21)(H,16,17). The van der Waals surface area contributed by atoms with Gasteiger partial charge in [0.25, 0.3) is 5.91 Å². The van der Waals surface area contributed by atoms with Crippen LogP contribution in [0, 0.1) is 6.92 Å². The SMILES string of the molecule is Cc1[nH]ncc1CNC(=O)c1cn(C2CCNCC2)nn1. The molecule has 0 radical (unpaired) electrons. The van der Waals surface area contributed by atoms with Gasteiger partial charge in [-0.3, -0.25) is 9.89 Å². The minimum Gasteiger partial charge on any atom is -0.346 e. The zero-order chi connectivity index (χ0) is 14.7. The Bertz CT molecular complexity index is 612. The maximum absolute atomic E-state index is 12.1. The number of amides is 1. The second-order valence-electron chi connectivity index (χ2n) is 5.27. The molecule has 0 aliphatic carbocycles. The van der Waals surface area contributed by atoms with Crippen molar-refractivity contribution in [2.75, 3.05) is 13.1 Å². The van der Waals surface area contributed by atoms with E-state index < -0.39 is 0 Å². The van der Waals surface area contributed by atoms with Gasteiger partial charge in [-0.05, 0) is 32.9 Å². The molecule has 3 N–H and O–H groups in total. The molecule has 1 aliphatic heterocycles. The molecule has 0 saturated carbocycles. The van der Waals surface area contributed by atoms with Gasteiger partial charge in [-0.25, -0.2) is 4.68 Å². The van der Waals surface area contributed by atoms with E-state index in [1.54, 1.807) is 17.1 Å². The molecule has 1 saturated heterocycles. The van der Waals surface area contributed by atoms with E-state index >= 15 is 0 Å². The lowest BCUT2D eigenvalue weighted by molar-refractivity contribution is 0.0946. The van der Waals surface area contributed by atoms with Crippen molar-refractivity contribution in [2.45, 2.75) is 32.4 Å². The highest BCUT2D eigenvalue weighted by atomic mass is 16.2. The summed E-state index contributed by atoms with van der Waals surface area (Å²) in [7, 11) is 0. The molecule has 1 fully saturated rings. The van der Waals surface area contributed by atoms with Gasteiger partial charge in [0, 0.05) is 17.8 Å². The van der Waals surface area contributed by atoms with Gasteiger partial charge in [0.1, 0.15) is 0 Å². The Hall–Kier alpha value is -2.22. The van der Waals surface area contributed by atoms with Crippen LogP contribution in [0.1, 0.15) is 40.6 Å². The number of hydrogen-bond acceptors (Lipinski definition) is 5. The van der Waals surface area contributed by atoms with E-state index in [0.29, 0.717) is 18.3 Å². The zero-order valence-corrected chi connectivity index (χ0v) is 12.0. The number of piperidine rings is 1. The number of rotatable bonds is 4. The van der Waals surface area contributed by atoms with Gasteiger partial charge in [-0.15, -0.1) is 5.10 Å². The summed E-state index contributed by atoms with van der Waals surface area (Å²) in [5, 5.41) is 21.0. The summed E-state index contributed by atoms with van der Waals surface area (Å²) in [4.78, 5) is 12.1. The van der Waals surface area contributed by atoms with Crippen LogP contribution in [0.25, 0.3) is 0 Å². The van der Waals surface area contributed by atoms with E-state index in [4.69, 9.17) is 0 Å². The molecule has 1 amide bonds. The van der Waals surface area contributed by atoms with Crippen LogP contribution in [-0.2, 0) is 6.54 Å². The Morgan fingerprint density at radius 2 is 2.29 bits per heavy atom. The molecule has 2 aromatic heterocycles. The molecule has 8 heteroatoms. The number of aromatic nitrogens is 5. The smallest absolute Gasteiger partial charge is 0.273 e. The molecule has 1 aliphatic rings. The molecule has 0 aromatic carbocycles. The summed E-state index contributed by atoms with van der Waals surface area (Å²) >= 11 is 0. The first-order valence-electron chi connectivity index (χ1n) is 7.13. The Kier molecular flexibility index (Phi) is 3.96. The third-order valence-electron chi connectivity index (χ3n) is 3.80. The molecular weight excluding hydrogens is 270 g/mol. The minimum atomic E-state index is -0.212. The first-order valence-corrected chi connectivity index (χ1v) is 7.13. The topological polar surface area (TPSA) is 101 Å². The van der Waals surface area contributed by atoms with Crippen LogP contribution >= 0.6 is 0 Å². The van der Waals surface area contributed by atoms with Gasteiger partial charge < -0.3 is 10.6 Å². The Balaban J connectivity index is 1.60. The van der Waals surface area contributed by atoms with E-state index in [1.807, 2.05) is 6.92 Å². The predicted octanol–water partition coefficient (Wildman–Crippen LogP) is 0.164. The molecule has 0 unspecified atom stereocenters. The lowest BCUT2D eigenvalue weighted by Crippen LogP contribution is -2.29. The summed E-state index contributed by atoms with van der Waals surface area (Å²) in [6, 6.07) is 0.330. The fourth-order valence-electron chi connectivity index (χ4n) is 2.45. The highest BCUT2D eigenvalue weighted by molar-refractivity contribution is 5.91. The highest BCUT2D eigenvalue weighted by Gasteiger charge is 2.18. The lowest BCUT2D eigenvalue weighted by Gasteiger charge is -2.22. The summed E-state index contributed by atoms with van der Waals surface area (Å²) in [6.07, 6.45) is 5.46. The van der Waals surface area contributed by atoms with Crippen LogP contribution in [0.15, 0.2) is 12.4 Å². The summed E-state index contributed by atoms with van der Waals surface area (Å²) < 4.78 is 1.80. The van der Waals surface area contributed by atoms with E-state index in [0.717, 1.165) is 37.2 Å². The Morgan fingerprint density at radius 3 is 3.00 bits per heavy atom. The average Bonchev–Trinajstić information content (AvgIpc) is 3.15. The molecule has 2 aromatic rings. The van der Waals surface area contributed by atoms with Crippen molar-refractivity contribution >= 4 is 5.91 Å². The van der Waals surface area contributed by atoms with Crippen LogP contribution in [0.3, 0.4) is 0 Å².